The normalized spacial score (nSPS) is 3.67. The third kappa shape index (κ3) is 4.72. The van der Waals surface area contributed by atoms with Gasteiger partial charge in [-0.3, -0.25) is 0 Å². The Morgan fingerprint density at radius 1 is 0.833 bits per heavy atom. The maximum atomic E-state index is 2.75. The molecule has 0 aliphatic carbocycles. The van der Waals surface area contributed by atoms with E-state index in [2.05, 4.69) is 19.7 Å². The fourth-order valence-corrected chi connectivity index (χ4v) is 0.419. The Morgan fingerprint density at radius 2 is 1.17 bits per heavy atom. The standard InChI is InChI=1S/C4.2Sn/c1-3-4-2;;. The first-order valence-corrected chi connectivity index (χ1v) is 4.10. The molecular weight excluding hydrogens is 285 g/mol. The SMILES string of the molecule is [Sn][C]#CC#[C][Sn]. The summed E-state index contributed by atoms with van der Waals surface area (Å²) in [4.78, 5) is 0. The van der Waals surface area contributed by atoms with Crippen LogP contribution in [0.2, 0.25) is 0 Å². The van der Waals surface area contributed by atoms with Crippen LogP contribution in [0.1, 0.15) is 0 Å². The van der Waals surface area contributed by atoms with E-state index in [-0.39, 0.29) is 0 Å². The Hall–Kier alpha value is 0.717. The summed E-state index contributed by atoms with van der Waals surface area (Å²) in [5.74, 6) is 5.30. The molecule has 0 aromatic rings. The van der Waals surface area contributed by atoms with Gasteiger partial charge in [-0.1, -0.05) is 0 Å². The van der Waals surface area contributed by atoms with E-state index in [9.17, 15) is 0 Å². The molecule has 0 atom stereocenters. The first kappa shape index (κ1) is 6.72. The quantitative estimate of drug-likeness (QED) is 0.406. The summed E-state index contributed by atoms with van der Waals surface area (Å²) >= 11 is 2.48. The molecule has 6 heavy (non-hydrogen) atoms. The van der Waals surface area contributed by atoms with Gasteiger partial charge in [0.15, 0.2) is 0 Å². The van der Waals surface area contributed by atoms with Crippen molar-refractivity contribution in [1.82, 2.24) is 0 Å². The maximum absolute atomic E-state index is 2.75. The van der Waals surface area contributed by atoms with Crippen LogP contribution in [0.5, 0.6) is 0 Å². The molecule has 0 bridgehead atoms. The van der Waals surface area contributed by atoms with Crippen molar-refractivity contribution in [2.24, 2.45) is 0 Å². The van der Waals surface area contributed by atoms with Gasteiger partial charge in [0, 0.05) is 0 Å². The zero-order valence-electron chi connectivity index (χ0n) is 3.00. The molecule has 0 unspecified atom stereocenters. The minimum atomic E-state index is 1.24. The van der Waals surface area contributed by atoms with Crippen LogP contribution in [-0.4, -0.2) is 45.0 Å². The third-order valence-electron chi connectivity index (χ3n) is 0.188. The van der Waals surface area contributed by atoms with Crippen molar-refractivity contribution in [2.75, 3.05) is 0 Å². The predicted octanol–water partition coefficient (Wildman–Crippen LogP) is -0.755. The van der Waals surface area contributed by atoms with E-state index in [0.29, 0.717) is 0 Å². The zero-order chi connectivity index (χ0) is 4.83. The molecule has 0 saturated carbocycles. The van der Waals surface area contributed by atoms with Gasteiger partial charge in [-0.05, 0) is 0 Å². The summed E-state index contributed by atoms with van der Waals surface area (Å²) in [6.07, 6.45) is 0. The summed E-state index contributed by atoms with van der Waals surface area (Å²) in [6.45, 7) is 0. The van der Waals surface area contributed by atoms with Crippen molar-refractivity contribution in [2.45, 2.75) is 0 Å². The molecule has 0 aromatic carbocycles. The van der Waals surface area contributed by atoms with Crippen LogP contribution in [0.25, 0.3) is 0 Å². The first-order chi connectivity index (χ1) is 2.91. The van der Waals surface area contributed by atoms with E-state index in [1.165, 1.54) is 45.0 Å². The summed E-state index contributed by atoms with van der Waals surface area (Å²) in [7, 11) is 0. The van der Waals surface area contributed by atoms with Gasteiger partial charge in [0.2, 0.25) is 0 Å². The molecule has 2 heteroatoms. The average Bonchev–Trinajstić information content (AvgIpc) is 1.61. The van der Waals surface area contributed by atoms with E-state index >= 15 is 0 Å². The van der Waals surface area contributed by atoms with E-state index in [4.69, 9.17) is 0 Å². The Kier molecular flexibility index (Phi) is 6.40. The van der Waals surface area contributed by atoms with Crippen LogP contribution < -0.4 is 0 Å². The molecular formula is C4Sn2. The number of hydrogen-bond donors (Lipinski definition) is 0. The minimum absolute atomic E-state index is 1.24. The molecule has 0 aliphatic rings. The van der Waals surface area contributed by atoms with E-state index in [1.807, 2.05) is 0 Å². The van der Waals surface area contributed by atoms with E-state index in [0.717, 1.165) is 0 Å². The topological polar surface area (TPSA) is 0 Å². The van der Waals surface area contributed by atoms with Gasteiger partial charge >= 0.3 is 64.8 Å². The van der Waals surface area contributed by atoms with Gasteiger partial charge in [-0.25, -0.2) is 0 Å². The van der Waals surface area contributed by atoms with Crippen LogP contribution in [-0.2, 0) is 0 Å². The first-order valence-electron chi connectivity index (χ1n) is 1.25. The fraction of sp³-hybridized carbons (Fsp3) is 0. The van der Waals surface area contributed by atoms with Crippen LogP contribution in [0.15, 0.2) is 0 Å². The van der Waals surface area contributed by atoms with Crippen molar-refractivity contribution >= 4 is 45.0 Å². The second-order valence-electron chi connectivity index (χ2n) is 0.500. The monoisotopic (exact) mass is 288 g/mol. The molecule has 0 nitrogen and oxygen atoms in total. The second kappa shape index (κ2) is 5.72. The number of rotatable bonds is 0. The summed E-state index contributed by atoms with van der Waals surface area (Å²) in [5, 5.41) is 0. The molecule has 0 heterocycles. The van der Waals surface area contributed by atoms with Gasteiger partial charge in [0.25, 0.3) is 0 Å². The summed E-state index contributed by atoms with van der Waals surface area (Å²) < 4.78 is 5.50. The van der Waals surface area contributed by atoms with E-state index < -0.39 is 0 Å². The predicted molar refractivity (Wildman–Crippen MR) is 27.1 cm³/mol. The third-order valence-corrected chi connectivity index (χ3v) is 0.901. The van der Waals surface area contributed by atoms with Crippen molar-refractivity contribution < 1.29 is 0 Å². The second-order valence-corrected chi connectivity index (χ2v) is 1.93. The van der Waals surface area contributed by atoms with Gasteiger partial charge in [0.05, 0.1) is 0 Å². The molecule has 0 spiro atoms. The molecule has 0 N–H and O–H groups in total. The van der Waals surface area contributed by atoms with Crippen LogP contribution in [0, 0.1) is 19.7 Å². The van der Waals surface area contributed by atoms with E-state index in [1.54, 1.807) is 0 Å². The van der Waals surface area contributed by atoms with Gasteiger partial charge < -0.3 is 0 Å². The number of hydrogen-bond acceptors (Lipinski definition) is 0. The Labute approximate surface area is 64.3 Å². The van der Waals surface area contributed by atoms with Crippen molar-refractivity contribution in [3.63, 3.8) is 0 Å². The molecule has 0 aliphatic heterocycles. The summed E-state index contributed by atoms with van der Waals surface area (Å²) in [6, 6.07) is 0. The molecule has 6 radical (unpaired) electrons. The zero-order valence-corrected chi connectivity index (χ0v) is 8.71. The molecule has 0 fully saturated rings. The van der Waals surface area contributed by atoms with Crippen LogP contribution in [0.3, 0.4) is 0 Å². The Balaban J connectivity index is 3.43. The summed E-state index contributed by atoms with van der Waals surface area (Å²) in [5.41, 5.74) is 0. The van der Waals surface area contributed by atoms with Gasteiger partial charge in [0.1, 0.15) is 0 Å². The average molecular weight is 285 g/mol. The molecule has 0 aromatic heterocycles. The Morgan fingerprint density at radius 3 is 1.33 bits per heavy atom. The van der Waals surface area contributed by atoms with Crippen LogP contribution in [0.4, 0.5) is 0 Å². The van der Waals surface area contributed by atoms with Crippen molar-refractivity contribution in [3.8, 4) is 19.7 Å². The van der Waals surface area contributed by atoms with Gasteiger partial charge in [-0.15, -0.1) is 0 Å². The molecule has 24 valence electrons. The fourth-order valence-electron chi connectivity index (χ4n) is 0.0625. The molecule has 0 rings (SSSR count). The molecule has 0 saturated heterocycles. The van der Waals surface area contributed by atoms with Crippen molar-refractivity contribution in [3.05, 3.63) is 0 Å². The van der Waals surface area contributed by atoms with Crippen molar-refractivity contribution in [1.29, 1.82) is 0 Å². The Bertz CT molecular complexity index is 109. The van der Waals surface area contributed by atoms with Crippen LogP contribution >= 0.6 is 0 Å². The van der Waals surface area contributed by atoms with Gasteiger partial charge in [-0.2, -0.15) is 0 Å². The molecule has 0 amide bonds.